The number of aromatic nitrogens is 1. The molecule has 3 aromatic rings. The molecule has 0 N–H and O–H groups in total. The summed E-state index contributed by atoms with van der Waals surface area (Å²) in [6.07, 6.45) is -1.48. The van der Waals surface area contributed by atoms with E-state index in [0.29, 0.717) is 11.0 Å². The lowest BCUT2D eigenvalue weighted by Gasteiger charge is -2.31. The number of halogens is 3. The Labute approximate surface area is 148 Å². The van der Waals surface area contributed by atoms with E-state index in [2.05, 4.69) is 0 Å². The summed E-state index contributed by atoms with van der Waals surface area (Å²) in [7, 11) is 0. The van der Waals surface area contributed by atoms with Crippen molar-refractivity contribution >= 4 is 27.5 Å². The maximum atomic E-state index is 14.0. The zero-order chi connectivity index (χ0) is 18.5. The molecule has 130 valence electrons. The van der Waals surface area contributed by atoms with Crippen LogP contribution in [0.2, 0.25) is 0 Å². The zero-order valence-electron chi connectivity index (χ0n) is 14.0. The molecule has 0 saturated heterocycles. The van der Waals surface area contributed by atoms with Crippen LogP contribution in [0.15, 0.2) is 66.3 Å². The fourth-order valence-corrected chi connectivity index (χ4v) is 3.85. The molecule has 2 unspecified atom stereocenters. The van der Waals surface area contributed by atoms with Crippen LogP contribution in [-0.4, -0.2) is 10.7 Å². The summed E-state index contributed by atoms with van der Waals surface area (Å²) in [4.78, 5) is 0. The monoisotopic (exact) mass is 352 g/mol. The van der Waals surface area contributed by atoms with Crippen LogP contribution in [0.25, 0.3) is 27.5 Å². The van der Waals surface area contributed by atoms with Crippen LogP contribution in [-0.2, 0) is 0 Å². The Bertz CT molecular complexity index is 1060. The normalized spacial score (nSPS) is 20.7. The summed E-state index contributed by atoms with van der Waals surface area (Å²) < 4.78 is 43.5. The van der Waals surface area contributed by atoms with Crippen molar-refractivity contribution in [3.8, 4) is 6.07 Å². The first-order valence-corrected chi connectivity index (χ1v) is 8.31. The van der Waals surface area contributed by atoms with Gasteiger partial charge in [-0.1, -0.05) is 49.4 Å². The molecule has 2 nitrogen and oxygen atoms in total. The standard InChI is InChI=1S/C21H15F3N2/c1-13-10-11-14(12-25)20(19(13)21(22,23)24)26-17-8-4-2-6-15(17)16-7-3-5-9-18(16)26/h2-11,13,19H,1H3. The molecule has 0 spiro atoms. The lowest BCUT2D eigenvalue weighted by atomic mass is 9.83. The minimum absolute atomic E-state index is 0.00685. The highest BCUT2D eigenvalue weighted by molar-refractivity contribution is 6.10. The Morgan fingerprint density at radius 1 is 0.962 bits per heavy atom. The van der Waals surface area contributed by atoms with Crippen LogP contribution >= 0.6 is 0 Å². The van der Waals surface area contributed by atoms with Gasteiger partial charge in [-0.25, -0.2) is 0 Å². The lowest BCUT2D eigenvalue weighted by molar-refractivity contribution is -0.166. The highest BCUT2D eigenvalue weighted by Gasteiger charge is 2.48. The molecule has 1 aliphatic rings. The topological polar surface area (TPSA) is 28.7 Å². The lowest BCUT2D eigenvalue weighted by Crippen LogP contribution is -2.33. The maximum Gasteiger partial charge on any atom is 0.397 e. The number of allylic oxidation sites excluding steroid dienone is 4. The van der Waals surface area contributed by atoms with Gasteiger partial charge in [0.15, 0.2) is 0 Å². The number of hydrogen-bond donors (Lipinski definition) is 0. The number of para-hydroxylation sites is 2. The van der Waals surface area contributed by atoms with Crippen LogP contribution in [0, 0.1) is 23.2 Å². The molecular formula is C21H15F3N2. The first-order chi connectivity index (χ1) is 12.4. The van der Waals surface area contributed by atoms with Crippen LogP contribution in [0.1, 0.15) is 6.92 Å². The van der Waals surface area contributed by atoms with Crippen molar-refractivity contribution in [3.05, 3.63) is 66.3 Å². The first kappa shape index (κ1) is 16.5. The van der Waals surface area contributed by atoms with Gasteiger partial charge in [0.1, 0.15) is 12.0 Å². The largest absolute Gasteiger partial charge is 0.397 e. The predicted molar refractivity (Wildman–Crippen MR) is 96.1 cm³/mol. The van der Waals surface area contributed by atoms with Gasteiger partial charge in [0.25, 0.3) is 0 Å². The minimum Gasteiger partial charge on any atom is -0.311 e. The number of alkyl halides is 3. The Morgan fingerprint density at radius 2 is 1.50 bits per heavy atom. The van der Waals surface area contributed by atoms with Gasteiger partial charge in [0.2, 0.25) is 0 Å². The van der Waals surface area contributed by atoms with Gasteiger partial charge in [-0.2, -0.15) is 18.4 Å². The van der Waals surface area contributed by atoms with Crippen molar-refractivity contribution in [2.24, 2.45) is 11.8 Å². The van der Waals surface area contributed by atoms with E-state index in [4.69, 9.17) is 0 Å². The Morgan fingerprint density at radius 3 is 2.00 bits per heavy atom. The minimum atomic E-state index is -4.45. The summed E-state index contributed by atoms with van der Waals surface area (Å²) in [5.41, 5.74) is 1.41. The molecule has 1 aliphatic carbocycles. The summed E-state index contributed by atoms with van der Waals surface area (Å²) in [5.74, 6) is -2.48. The van der Waals surface area contributed by atoms with Crippen LogP contribution in [0.5, 0.6) is 0 Å². The fraction of sp³-hybridized carbons (Fsp3) is 0.190. The van der Waals surface area contributed by atoms with Crippen molar-refractivity contribution < 1.29 is 13.2 Å². The highest BCUT2D eigenvalue weighted by atomic mass is 19.4. The van der Waals surface area contributed by atoms with Gasteiger partial charge >= 0.3 is 6.18 Å². The Balaban J connectivity index is 2.17. The zero-order valence-corrected chi connectivity index (χ0v) is 14.0. The van der Waals surface area contributed by atoms with E-state index >= 15 is 0 Å². The molecular weight excluding hydrogens is 337 g/mol. The maximum absolute atomic E-state index is 14.0. The third-order valence-corrected chi connectivity index (χ3v) is 4.96. The summed E-state index contributed by atoms with van der Waals surface area (Å²) in [6.45, 7) is 1.54. The van der Waals surface area contributed by atoms with E-state index in [9.17, 15) is 18.4 Å². The van der Waals surface area contributed by atoms with Crippen LogP contribution in [0.4, 0.5) is 13.2 Å². The van der Waals surface area contributed by atoms with E-state index in [1.54, 1.807) is 28.8 Å². The predicted octanol–water partition coefficient (Wildman–Crippen LogP) is 5.91. The molecule has 1 heterocycles. The van der Waals surface area contributed by atoms with Crippen molar-refractivity contribution in [1.29, 1.82) is 5.26 Å². The van der Waals surface area contributed by atoms with Gasteiger partial charge in [0.05, 0.1) is 22.3 Å². The second-order valence-electron chi connectivity index (χ2n) is 6.52. The fourth-order valence-electron chi connectivity index (χ4n) is 3.85. The van der Waals surface area contributed by atoms with E-state index < -0.39 is 18.0 Å². The van der Waals surface area contributed by atoms with E-state index in [1.807, 2.05) is 30.3 Å². The number of rotatable bonds is 1. The molecule has 1 aromatic heterocycles. The number of hydrogen-bond acceptors (Lipinski definition) is 1. The number of fused-ring (bicyclic) bond motifs is 3. The van der Waals surface area contributed by atoms with Crippen molar-refractivity contribution in [1.82, 2.24) is 4.57 Å². The Kier molecular flexibility index (Phi) is 3.66. The van der Waals surface area contributed by atoms with Crippen LogP contribution < -0.4 is 0 Å². The third kappa shape index (κ3) is 2.33. The van der Waals surface area contributed by atoms with Crippen molar-refractivity contribution in [3.63, 3.8) is 0 Å². The summed E-state index contributed by atoms with van der Waals surface area (Å²) >= 11 is 0. The SMILES string of the molecule is CC1C=CC(C#N)=C(n2c3ccccc3c3ccccc32)C1C(F)(F)F. The smallest absolute Gasteiger partial charge is 0.311 e. The van der Waals surface area contributed by atoms with Gasteiger partial charge in [-0.15, -0.1) is 0 Å². The van der Waals surface area contributed by atoms with Crippen molar-refractivity contribution in [2.75, 3.05) is 0 Å². The van der Waals surface area contributed by atoms with Gasteiger partial charge in [-0.05, 0) is 24.1 Å². The van der Waals surface area contributed by atoms with Gasteiger partial charge in [0, 0.05) is 10.8 Å². The van der Waals surface area contributed by atoms with E-state index in [-0.39, 0.29) is 11.3 Å². The summed E-state index contributed by atoms with van der Waals surface area (Å²) in [6, 6.07) is 16.7. The molecule has 5 heteroatoms. The molecule has 0 bridgehead atoms. The first-order valence-electron chi connectivity index (χ1n) is 8.31. The van der Waals surface area contributed by atoms with E-state index in [1.165, 1.54) is 19.1 Å². The molecule has 0 aliphatic heterocycles. The van der Waals surface area contributed by atoms with Gasteiger partial charge in [-0.3, -0.25) is 0 Å². The molecule has 2 aromatic carbocycles. The number of nitrogens with zero attached hydrogens (tertiary/aromatic N) is 2. The van der Waals surface area contributed by atoms with Gasteiger partial charge < -0.3 is 4.57 Å². The summed E-state index contributed by atoms with van der Waals surface area (Å²) in [5, 5.41) is 11.3. The molecule has 2 atom stereocenters. The second kappa shape index (κ2) is 5.77. The average molecular weight is 352 g/mol. The highest BCUT2D eigenvalue weighted by Crippen LogP contribution is 2.46. The molecule has 0 amide bonds. The molecule has 4 rings (SSSR count). The van der Waals surface area contributed by atoms with Crippen molar-refractivity contribution in [2.45, 2.75) is 13.1 Å². The third-order valence-electron chi connectivity index (χ3n) is 4.96. The molecule has 26 heavy (non-hydrogen) atoms. The average Bonchev–Trinajstić information content (AvgIpc) is 2.94. The quantitative estimate of drug-likeness (QED) is 0.535. The van der Waals surface area contributed by atoms with E-state index in [0.717, 1.165) is 10.8 Å². The second-order valence-corrected chi connectivity index (χ2v) is 6.52. The molecule has 0 radical (unpaired) electrons. The molecule has 0 saturated carbocycles. The van der Waals surface area contributed by atoms with Crippen LogP contribution in [0.3, 0.4) is 0 Å². The Hall–Kier alpha value is -3.00. The molecule has 0 fully saturated rings. The number of nitriles is 1. The number of benzene rings is 2.